The second kappa shape index (κ2) is 9.82. The molecule has 2 aliphatic rings. The van der Waals surface area contributed by atoms with E-state index in [0.29, 0.717) is 37.4 Å². The molecule has 0 radical (unpaired) electrons. The zero-order valence-electron chi connectivity index (χ0n) is 20.6. The van der Waals surface area contributed by atoms with Crippen molar-refractivity contribution in [2.24, 2.45) is 0 Å². The monoisotopic (exact) mass is 477 g/mol. The van der Waals surface area contributed by atoms with Crippen LogP contribution in [0.3, 0.4) is 0 Å². The number of hydrogen-bond donors (Lipinski definition) is 1. The number of hydrazine groups is 1. The molecular formula is C27H31N3O5. The van der Waals surface area contributed by atoms with Crippen LogP contribution in [0.25, 0.3) is 6.08 Å². The summed E-state index contributed by atoms with van der Waals surface area (Å²) in [6, 6.07) is 12.6. The number of para-hydroxylation sites is 1. The van der Waals surface area contributed by atoms with Crippen molar-refractivity contribution in [1.29, 1.82) is 0 Å². The van der Waals surface area contributed by atoms with Gasteiger partial charge in [0.1, 0.15) is 16.9 Å². The zero-order chi connectivity index (χ0) is 25.2. The summed E-state index contributed by atoms with van der Waals surface area (Å²) in [5, 5.41) is 1.24. The predicted octanol–water partition coefficient (Wildman–Crippen LogP) is 4.23. The van der Waals surface area contributed by atoms with Gasteiger partial charge in [0.25, 0.3) is 11.8 Å². The highest BCUT2D eigenvalue weighted by Gasteiger charge is 2.35. The van der Waals surface area contributed by atoms with Crippen molar-refractivity contribution in [2.45, 2.75) is 52.7 Å². The molecule has 8 nitrogen and oxygen atoms in total. The van der Waals surface area contributed by atoms with Gasteiger partial charge in [0.05, 0.1) is 12.3 Å². The summed E-state index contributed by atoms with van der Waals surface area (Å²) < 4.78 is 11.5. The maximum atomic E-state index is 13.1. The van der Waals surface area contributed by atoms with Gasteiger partial charge >= 0.3 is 6.09 Å². The van der Waals surface area contributed by atoms with Crippen LogP contribution in [0.1, 0.15) is 50.8 Å². The topological polar surface area (TPSA) is 88.2 Å². The molecule has 184 valence electrons. The lowest BCUT2D eigenvalue weighted by Gasteiger charge is -2.32. The number of anilines is 1. The van der Waals surface area contributed by atoms with E-state index in [1.165, 1.54) is 5.01 Å². The molecular weight excluding hydrogens is 446 g/mol. The Bertz CT molecular complexity index is 1170. The van der Waals surface area contributed by atoms with Crippen molar-refractivity contribution in [2.75, 3.05) is 18.2 Å². The first-order chi connectivity index (χ1) is 16.7. The number of amides is 3. The van der Waals surface area contributed by atoms with Gasteiger partial charge in [-0.15, -0.1) is 0 Å². The summed E-state index contributed by atoms with van der Waals surface area (Å²) in [7, 11) is 0. The molecule has 4 rings (SSSR count). The fourth-order valence-electron chi connectivity index (χ4n) is 4.10. The largest absolute Gasteiger partial charge is 0.493 e. The van der Waals surface area contributed by atoms with Crippen LogP contribution in [0.5, 0.6) is 5.75 Å². The molecule has 1 N–H and O–H groups in total. The number of hydrogen-bond acceptors (Lipinski definition) is 5. The Hall–Kier alpha value is -3.81. The molecule has 35 heavy (non-hydrogen) atoms. The molecule has 2 aliphatic heterocycles. The van der Waals surface area contributed by atoms with Crippen LogP contribution in [0, 0.1) is 0 Å². The van der Waals surface area contributed by atoms with E-state index in [-0.39, 0.29) is 5.57 Å². The molecule has 0 unspecified atom stereocenters. The van der Waals surface area contributed by atoms with Crippen LogP contribution < -0.4 is 15.2 Å². The van der Waals surface area contributed by atoms with Crippen LogP contribution in [0.4, 0.5) is 10.5 Å². The Balaban J connectivity index is 1.69. The number of benzene rings is 2. The second-order valence-corrected chi connectivity index (χ2v) is 9.59. The Morgan fingerprint density at radius 3 is 2.51 bits per heavy atom. The first kappa shape index (κ1) is 24.3. The van der Waals surface area contributed by atoms with Crippen LogP contribution in [-0.2, 0) is 27.3 Å². The molecule has 2 aromatic rings. The molecule has 2 heterocycles. The number of nitrogens with one attached hydrogen (secondary N) is 1. The van der Waals surface area contributed by atoms with E-state index in [2.05, 4.69) is 5.43 Å². The Morgan fingerprint density at radius 2 is 1.83 bits per heavy atom. The molecule has 3 amide bonds. The molecule has 0 aromatic heterocycles. The highest BCUT2D eigenvalue weighted by molar-refractivity contribution is 6.31. The minimum absolute atomic E-state index is 0.0349. The van der Waals surface area contributed by atoms with Crippen molar-refractivity contribution < 1.29 is 23.9 Å². The maximum Gasteiger partial charge on any atom is 0.410 e. The third-order valence-corrected chi connectivity index (χ3v) is 5.72. The standard InChI is InChI=1S/C27H31N3O5/c1-5-15-34-23-12-11-18(22-17-29(14-13-20(22)23)26(33)35-27(2,3)4)16-21-24(31)28-30(25(21)32)19-9-7-6-8-10-19/h6-12,16H,5,13-15,17H2,1-4H3,(H,28,31)/b21-16+. The summed E-state index contributed by atoms with van der Waals surface area (Å²) in [4.78, 5) is 40.2. The summed E-state index contributed by atoms with van der Waals surface area (Å²) in [6.45, 7) is 8.90. The molecule has 2 aromatic carbocycles. The van der Waals surface area contributed by atoms with E-state index in [4.69, 9.17) is 9.47 Å². The molecule has 8 heteroatoms. The van der Waals surface area contributed by atoms with Gasteiger partial charge in [-0.3, -0.25) is 15.0 Å². The number of ether oxygens (including phenoxy) is 2. The van der Waals surface area contributed by atoms with E-state index in [1.54, 1.807) is 35.2 Å². The number of carbonyl (C=O) groups excluding carboxylic acids is 3. The fraction of sp³-hybridized carbons (Fsp3) is 0.370. The number of carbonyl (C=O) groups is 3. The third-order valence-electron chi connectivity index (χ3n) is 5.72. The van der Waals surface area contributed by atoms with Gasteiger partial charge in [-0.25, -0.2) is 9.80 Å². The van der Waals surface area contributed by atoms with Crippen molar-refractivity contribution in [1.82, 2.24) is 10.3 Å². The molecule has 0 spiro atoms. The first-order valence-electron chi connectivity index (χ1n) is 11.9. The molecule has 0 atom stereocenters. The van der Waals surface area contributed by atoms with Gasteiger partial charge in [-0.05, 0) is 69.0 Å². The van der Waals surface area contributed by atoms with E-state index in [9.17, 15) is 14.4 Å². The second-order valence-electron chi connectivity index (χ2n) is 9.59. The summed E-state index contributed by atoms with van der Waals surface area (Å²) in [5.41, 5.74) is 5.17. The Kier molecular flexibility index (Phi) is 6.82. The predicted molar refractivity (Wildman–Crippen MR) is 133 cm³/mol. The Labute approximate surface area is 205 Å². The molecule has 0 bridgehead atoms. The van der Waals surface area contributed by atoms with Crippen LogP contribution in [0.2, 0.25) is 0 Å². The lowest BCUT2D eigenvalue weighted by atomic mass is 9.92. The highest BCUT2D eigenvalue weighted by Crippen LogP contribution is 2.33. The zero-order valence-corrected chi connectivity index (χ0v) is 20.6. The van der Waals surface area contributed by atoms with Gasteiger partial charge in [0.15, 0.2) is 0 Å². The lowest BCUT2D eigenvalue weighted by Crippen LogP contribution is -2.40. The van der Waals surface area contributed by atoms with E-state index < -0.39 is 23.5 Å². The molecule has 0 aliphatic carbocycles. The van der Waals surface area contributed by atoms with Crippen molar-refractivity contribution in [3.63, 3.8) is 0 Å². The highest BCUT2D eigenvalue weighted by atomic mass is 16.6. The van der Waals surface area contributed by atoms with Gasteiger partial charge in [0.2, 0.25) is 0 Å². The van der Waals surface area contributed by atoms with Crippen LogP contribution in [-0.4, -0.2) is 41.6 Å². The summed E-state index contributed by atoms with van der Waals surface area (Å²) in [5.74, 6) is -0.138. The van der Waals surface area contributed by atoms with Crippen LogP contribution >= 0.6 is 0 Å². The molecule has 1 saturated heterocycles. The normalized spacial score (nSPS) is 16.9. The average Bonchev–Trinajstić information content (AvgIpc) is 3.11. The van der Waals surface area contributed by atoms with Crippen molar-refractivity contribution in [3.8, 4) is 5.75 Å². The lowest BCUT2D eigenvalue weighted by molar-refractivity contribution is -0.117. The number of fused-ring (bicyclic) bond motifs is 1. The Morgan fingerprint density at radius 1 is 1.09 bits per heavy atom. The summed E-state index contributed by atoms with van der Waals surface area (Å²) in [6.07, 6.45) is 2.66. The minimum atomic E-state index is -0.608. The third kappa shape index (κ3) is 5.31. The first-order valence-corrected chi connectivity index (χ1v) is 11.9. The van der Waals surface area contributed by atoms with Crippen LogP contribution in [0.15, 0.2) is 48.0 Å². The van der Waals surface area contributed by atoms with E-state index >= 15 is 0 Å². The van der Waals surface area contributed by atoms with Gasteiger partial charge in [0, 0.05) is 18.7 Å². The minimum Gasteiger partial charge on any atom is -0.493 e. The SMILES string of the molecule is CCCOc1ccc(/C=C2\C(=O)NN(c3ccccc3)C2=O)c2c1CCN(C(=O)OC(C)(C)C)C2. The van der Waals surface area contributed by atoms with E-state index in [1.807, 2.05) is 45.9 Å². The maximum absolute atomic E-state index is 13.1. The van der Waals surface area contributed by atoms with Crippen molar-refractivity contribution >= 4 is 29.7 Å². The smallest absolute Gasteiger partial charge is 0.410 e. The van der Waals surface area contributed by atoms with E-state index in [0.717, 1.165) is 23.3 Å². The fourth-order valence-corrected chi connectivity index (χ4v) is 4.10. The summed E-state index contributed by atoms with van der Waals surface area (Å²) >= 11 is 0. The number of nitrogens with zero attached hydrogens (tertiary/aromatic N) is 2. The molecule has 0 saturated carbocycles. The number of rotatable bonds is 5. The van der Waals surface area contributed by atoms with Gasteiger partial charge in [-0.2, -0.15) is 0 Å². The molecule has 1 fully saturated rings. The van der Waals surface area contributed by atoms with Gasteiger partial charge in [-0.1, -0.05) is 31.2 Å². The van der Waals surface area contributed by atoms with Crippen molar-refractivity contribution in [3.05, 3.63) is 64.7 Å². The average molecular weight is 478 g/mol. The van der Waals surface area contributed by atoms with Gasteiger partial charge < -0.3 is 14.4 Å². The quantitative estimate of drug-likeness (QED) is 0.514.